The van der Waals surface area contributed by atoms with Crippen molar-refractivity contribution in [2.75, 3.05) is 43.9 Å². The number of hydrogen-bond donors (Lipinski definition) is 2. The molecule has 198 valence electrons. The molecule has 1 aliphatic heterocycles. The predicted octanol–water partition coefficient (Wildman–Crippen LogP) is 4.47. The highest BCUT2D eigenvalue weighted by molar-refractivity contribution is 6.04. The summed E-state index contributed by atoms with van der Waals surface area (Å²) in [4.78, 5) is 35.3. The number of anilines is 3. The van der Waals surface area contributed by atoms with Crippen molar-refractivity contribution in [3.05, 3.63) is 89.6 Å². The summed E-state index contributed by atoms with van der Waals surface area (Å²) < 4.78 is 0. The van der Waals surface area contributed by atoms with Crippen LogP contribution >= 0.6 is 0 Å². The summed E-state index contributed by atoms with van der Waals surface area (Å²) in [5, 5.41) is 6.35. The Kier molecular flexibility index (Phi) is 7.00. The maximum atomic E-state index is 13.2. The summed E-state index contributed by atoms with van der Waals surface area (Å²) in [5.41, 5.74) is 7.42. The molecule has 39 heavy (non-hydrogen) atoms. The average Bonchev–Trinajstić information content (AvgIpc) is 3.39. The van der Waals surface area contributed by atoms with Gasteiger partial charge in [0.15, 0.2) is 0 Å². The topological polar surface area (TPSA) is 99.2 Å². The number of rotatable bonds is 6. The van der Waals surface area contributed by atoms with E-state index in [1.54, 1.807) is 18.6 Å². The number of fused-ring (bicyclic) bond motifs is 1. The molecule has 2 N–H and O–H groups in total. The molecule has 1 amide bonds. The summed E-state index contributed by atoms with van der Waals surface area (Å²) in [6, 6.07) is 14.3. The van der Waals surface area contributed by atoms with Crippen LogP contribution in [0.4, 0.5) is 17.3 Å². The van der Waals surface area contributed by atoms with Crippen molar-refractivity contribution in [1.29, 1.82) is 0 Å². The van der Waals surface area contributed by atoms with Crippen molar-refractivity contribution in [2.24, 2.45) is 0 Å². The number of aromatic nitrogens is 4. The van der Waals surface area contributed by atoms with E-state index in [1.165, 1.54) is 17.5 Å². The molecule has 6 rings (SSSR count). The molecule has 2 aromatic heterocycles. The van der Waals surface area contributed by atoms with Crippen LogP contribution in [-0.2, 0) is 6.42 Å². The molecule has 1 atom stereocenters. The molecule has 9 heteroatoms. The number of carbonyl (C=O) groups excluding carboxylic acids is 1. The Morgan fingerprint density at radius 2 is 1.82 bits per heavy atom. The maximum Gasteiger partial charge on any atom is 0.255 e. The third-order valence-electron chi connectivity index (χ3n) is 7.68. The molecule has 0 unspecified atom stereocenters. The molecule has 1 aliphatic carbocycles. The van der Waals surface area contributed by atoms with Crippen LogP contribution in [-0.4, -0.2) is 68.9 Å². The van der Waals surface area contributed by atoms with E-state index in [0.717, 1.165) is 61.5 Å². The number of nitrogens with zero attached hydrogens (tertiary/aromatic N) is 6. The van der Waals surface area contributed by atoms with Gasteiger partial charge < -0.3 is 15.5 Å². The number of carbonyl (C=O) groups is 1. The van der Waals surface area contributed by atoms with E-state index in [9.17, 15) is 4.79 Å². The number of piperazine rings is 1. The Morgan fingerprint density at radius 3 is 2.64 bits per heavy atom. The number of likely N-dealkylation sites (N-methyl/N-ethyl adjacent to an activating group) is 1. The minimum atomic E-state index is -0.113. The largest absolute Gasteiger partial charge is 0.324 e. The molecule has 4 aromatic rings. The minimum absolute atomic E-state index is 0.113. The molecule has 0 radical (unpaired) electrons. The van der Waals surface area contributed by atoms with Crippen LogP contribution in [0.25, 0.3) is 11.3 Å². The van der Waals surface area contributed by atoms with Crippen LogP contribution < -0.4 is 10.6 Å². The molecular weight excluding hydrogens is 488 g/mol. The van der Waals surface area contributed by atoms with E-state index < -0.39 is 0 Å². The zero-order valence-corrected chi connectivity index (χ0v) is 22.3. The normalized spacial score (nSPS) is 17.5. The fraction of sp³-hybridized carbons (Fsp3) is 0.300. The van der Waals surface area contributed by atoms with Gasteiger partial charge in [0.25, 0.3) is 5.91 Å². The number of benzene rings is 2. The maximum absolute atomic E-state index is 13.2. The minimum Gasteiger partial charge on any atom is -0.324 e. The van der Waals surface area contributed by atoms with Gasteiger partial charge in [-0.2, -0.15) is 0 Å². The summed E-state index contributed by atoms with van der Waals surface area (Å²) in [5.74, 6) is 0.342. The second kappa shape index (κ2) is 10.9. The van der Waals surface area contributed by atoms with Crippen LogP contribution in [0, 0.1) is 6.92 Å². The predicted molar refractivity (Wildman–Crippen MR) is 152 cm³/mol. The van der Waals surface area contributed by atoms with Gasteiger partial charge in [0.2, 0.25) is 5.95 Å². The Morgan fingerprint density at radius 1 is 1.00 bits per heavy atom. The van der Waals surface area contributed by atoms with E-state index in [4.69, 9.17) is 0 Å². The van der Waals surface area contributed by atoms with Crippen LogP contribution in [0.1, 0.15) is 39.5 Å². The first-order valence-electron chi connectivity index (χ1n) is 13.4. The molecule has 1 fully saturated rings. The highest BCUT2D eigenvalue weighted by Gasteiger charge is 2.30. The summed E-state index contributed by atoms with van der Waals surface area (Å²) in [7, 11) is 2.19. The quantitative estimate of drug-likeness (QED) is 0.384. The molecule has 0 bridgehead atoms. The van der Waals surface area contributed by atoms with Gasteiger partial charge in [-0.15, -0.1) is 0 Å². The first-order valence-corrected chi connectivity index (χ1v) is 13.4. The van der Waals surface area contributed by atoms with Gasteiger partial charge in [-0.3, -0.25) is 9.69 Å². The van der Waals surface area contributed by atoms with Gasteiger partial charge in [-0.05, 0) is 73.8 Å². The highest BCUT2D eigenvalue weighted by atomic mass is 16.1. The lowest BCUT2D eigenvalue weighted by Crippen LogP contribution is -2.45. The monoisotopic (exact) mass is 520 g/mol. The Bertz CT molecular complexity index is 1480. The van der Waals surface area contributed by atoms with Gasteiger partial charge in [0.1, 0.15) is 6.33 Å². The fourth-order valence-electron chi connectivity index (χ4n) is 5.42. The van der Waals surface area contributed by atoms with E-state index >= 15 is 0 Å². The van der Waals surface area contributed by atoms with Crippen molar-refractivity contribution in [3.8, 4) is 11.3 Å². The van der Waals surface area contributed by atoms with E-state index in [-0.39, 0.29) is 5.91 Å². The van der Waals surface area contributed by atoms with Crippen LogP contribution in [0.2, 0.25) is 0 Å². The Labute approximate surface area is 228 Å². The molecule has 3 heterocycles. The lowest BCUT2D eigenvalue weighted by Gasteiger charge is -2.36. The fourth-order valence-corrected chi connectivity index (χ4v) is 5.42. The van der Waals surface area contributed by atoms with Crippen molar-refractivity contribution in [1.82, 2.24) is 29.7 Å². The molecule has 2 aromatic carbocycles. The van der Waals surface area contributed by atoms with Gasteiger partial charge in [0, 0.05) is 73.3 Å². The van der Waals surface area contributed by atoms with Gasteiger partial charge in [-0.1, -0.05) is 12.1 Å². The third-order valence-corrected chi connectivity index (χ3v) is 7.68. The average molecular weight is 521 g/mol. The van der Waals surface area contributed by atoms with E-state index in [1.807, 2.05) is 37.3 Å². The zero-order chi connectivity index (χ0) is 26.8. The standard InChI is InChI=1S/C30H32N8O/c1-20-3-6-24(16-27(20)36-30-33-10-9-26(35-30)23-17-31-19-32-18-23)34-29(39)22-4-7-25-21(15-22)5-8-28(25)38-13-11-37(2)12-14-38/h3-4,6-7,9-10,15-19,28H,5,8,11-14H2,1-2H3,(H,34,39)(H,33,35,36)/t28-/m0/s1. The number of aryl methyl sites for hydroxylation is 2. The molecule has 0 saturated carbocycles. The Balaban J connectivity index is 1.15. The van der Waals surface area contributed by atoms with E-state index in [2.05, 4.69) is 59.5 Å². The number of amides is 1. The van der Waals surface area contributed by atoms with E-state index in [0.29, 0.717) is 23.2 Å². The van der Waals surface area contributed by atoms with Crippen molar-refractivity contribution in [2.45, 2.75) is 25.8 Å². The second-order valence-corrected chi connectivity index (χ2v) is 10.3. The van der Waals surface area contributed by atoms with Gasteiger partial charge in [0.05, 0.1) is 5.69 Å². The second-order valence-electron chi connectivity index (χ2n) is 10.3. The van der Waals surface area contributed by atoms with Crippen molar-refractivity contribution < 1.29 is 4.79 Å². The van der Waals surface area contributed by atoms with Gasteiger partial charge in [-0.25, -0.2) is 19.9 Å². The molecular formula is C30H32N8O. The lowest BCUT2D eigenvalue weighted by atomic mass is 10.0. The van der Waals surface area contributed by atoms with Crippen molar-refractivity contribution >= 4 is 23.2 Å². The van der Waals surface area contributed by atoms with Crippen LogP contribution in [0.15, 0.2) is 67.4 Å². The highest BCUT2D eigenvalue weighted by Crippen LogP contribution is 2.37. The number of nitrogens with one attached hydrogen (secondary N) is 2. The van der Waals surface area contributed by atoms with Crippen LogP contribution in [0.5, 0.6) is 0 Å². The lowest BCUT2D eigenvalue weighted by molar-refractivity contribution is 0.102. The Hall–Kier alpha value is -4.21. The number of hydrogen-bond acceptors (Lipinski definition) is 8. The smallest absolute Gasteiger partial charge is 0.255 e. The molecule has 2 aliphatic rings. The van der Waals surface area contributed by atoms with Crippen molar-refractivity contribution in [3.63, 3.8) is 0 Å². The van der Waals surface area contributed by atoms with Gasteiger partial charge >= 0.3 is 0 Å². The molecule has 0 spiro atoms. The summed E-state index contributed by atoms with van der Waals surface area (Å²) in [6.45, 7) is 6.42. The third kappa shape index (κ3) is 5.50. The SMILES string of the molecule is Cc1ccc(NC(=O)c2ccc3c(c2)CC[C@@H]3N2CCN(C)CC2)cc1Nc1nccc(-c2cncnc2)n1. The summed E-state index contributed by atoms with van der Waals surface area (Å²) >= 11 is 0. The van der Waals surface area contributed by atoms with Crippen LogP contribution in [0.3, 0.4) is 0 Å². The first-order chi connectivity index (χ1) is 19.0. The zero-order valence-electron chi connectivity index (χ0n) is 22.3. The summed E-state index contributed by atoms with van der Waals surface area (Å²) in [6.07, 6.45) is 8.75. The molecule has 1 saturated heterocycles. The molecule has 9 nitrogen and oxygen atoms in total. The first kappa shape index (κ1) is 25.1.